The van der Waals surface area contributed by atoms with E-state index in [1.165, 1.54) is 0 Å². The summed E-state index contributed by atoms with van der Waals surface area (Å²) in [5, 5.41) is 9.48. The molecule has 15 heavy (non-hydrogen) atoms. The van der Waals surface area contributed by atoms with Crippen LogP contribution in [0.1, 0.15) is 19.4 Å². The molecule has 0 saturated carbocycles. The number of nitrogens with zero attached hydrogens (tertiary/aromatic N) is 2. The first kappa shape index (κ1) is 11.7. The maximum absolute atomic E-state index is 9.48. The van der Waals surface area contributed by atoms with Gasteiger partial charge in [-0.15, -0.1) is 0 Å². The van der Waals surface area contributed by atoms with Crippen LogP contribution in [0.3, 0.4) is 0 Å². The molecule has 0 amide bonds. The second kappa shape index (κ2) is 4.46. The van der Waals surface area contributed by atoms with Crippen LogP contribution in [0.4, 0.5) is 0 Å². The Bertz CT molecular complexity index is 339. The molecule has 0 N–H and O–H groups in total. The fourth-order valence-electron chi connectivity index (χ4n) is 2.09. The molecule has 1 unspecified atom stereocenters. The van der Waals surface area contributed by atoms with E-state index < -0.39 is 5.54 Å². The normalized spacial score (nSPS) is 15.0. The summed E-state index contributed by atoms with van der Waals surface area (Å²) in [6.07, 6.45) is 0. The summed E-state index contributed by atoms with van der Waals surface area (Å²) >= 11 is 0. The minimum absolute atomic E-state index is 0.250. The summed E-state index contributed by atoms with van der Waals surface area (Å²) in [7, 11) is 3.91. The van der Waals surface area contributed by atoms with E-state index in [0.717, 1.165) is 5.56 Å². The largest absolute Gasteiger partial charge is 0.288 e. The molecule has 1 rings (SSSR count). The molecule has 1 aromatic carbocycles. The van der Waals surface area contributed by atoms with Crippen LogP contribution in [-0.4, -0.2) is 19.0 Å². The van der Waals surface area contributed by atoms with Crippen LogP contribution in [0, 0.1) is 17.2 Å². The number of rotatable bonds is 3. The first-order valence-electron chi connectivity index (χ1n) is 5.20. The summed E-state index contributed by atoms with van der Waals surface area (Å²) in [6.45, 7) is 4.16. The number of nitriles is 1. The third kappa shape index (κ3) is 1.88. The van der Waals surface area contributed by atoms with Gasteiger partial charge in [-0.1, -0.05) is 44.2 Å². The van der Waals surface area contributed by atoms with Gasteiger partial charge in [0.05, 0.1) is 6.07 Å². The van der Waals surface area contributed by atoms with Crippen molar-refractivity contribution in [1.29, 1.82) is 5.26 Å². The maximum Gasteiger partial charge on any atom is 0.136 e. The van der Waals surface area contributed by atoms with Gasteiger partial charge in [0, 0.05) is 0 Å². The van der Waals surface area contributed by atoms with Crippen LogP contribution in [-0.2, 0) is 5.54 Å². The van der Waals surface area contributed by atoms with E-state index in [1.807, 2.05) is 49.3 Å². The van der Waals surface area contributed by atoms with Crippen molar-refractivity contribution < 1.29 is 0 Å². The highest BCUT2D eigenvalue weighted by atomic mass is 15.1. The number of hydrogen-bond acceptors (Lipinski definition) is 2. The summed E-state index contributed by atoms with van der Waals surface area (Å²) in [6, 6.07) is 12.4. The van der Waals surface area contributed by atoms with Gasteiger partial charge in [0.15, 0.2) is 0 Å². The lowest BCUT2D eigenvalue weighted by Gasteiger charge is -2.37. The second-order valence-corrected chi connectivity index (χ2v) is 4.29. The van der Waals surface area contributed by atoms with E-state index >= 15 is 0 Å². The van der Waals surface area contributed by atoms with Gasteiger partial charge in [-0.2, -0.15) is 5.26 Å². The Morgan fingerprint density at radius 1 is 1.20 bits per heavy atom. The predicted octanol–water partition coefficient (Wildman–Crippen LogP) is 2.62. The van der Waals surface area contributed by atoms with Crippen molar-refractivity contribution in [3.8, 4) is 6.07 Å². The molecule has 1 aromatic rings. The molecule has 0 saturated heterocycles. The van der Waals surface area contributed by atoms with Crippen LogP contribution in [0.15, 0.2) is 30.3 Å². The molecule has 0 heterocycles. The summed E-state index contributed by atoms with van der Waals surface area (Å²) in [4.78, 5) is 1.99. The Balaban J connectivity index is 3.30. The number of hydrogen-bond donors (Lipinski definition) is 0. The highest BCUT2D eigenvalue weighted by Gasteiger charge is 2.38. The Morgan fingerprint density at radius 3 is 2.07 bits per heavy atom. The van der Waals surface area contributed by atoms with E-state index in [1.54, 1.807) is 0 Å². The fraction of sp³-hybridized carbons (Fsp3) is 0.462. The van der Waals surface area contributed by atoms with Crippen molar-refractivity contribution in [2.45, 2.75) is 19.4 Å². The average molecular weight is 202 g/mol. The van der Waals surface area contributed by atoms with Crippen molar-refractivity contribution in [3.05, 3.63) is 35.9 Å². The van der Waals surface area contributed by atoms with Crippen LogP contribution in [0.5, 0.6) is 0 Å². The lowest BCUT2D eigenvalue weighted by atomic mass is 9.80. The van der Waals surface area contributed by atoms with Gasteiger partial charge in [0.2, 0.25) is 0 Å². The van der Waals surface area contributed by atoms with Crippen molar-refractivity contribution in [3.63, 3.8) is 0 Å². The summed E-state index contributed by atoms with van der Waals surface area (Å²) in [5.74, 6) is 0.250. The molecule has 0 radical (unpaired) electrons. The van der Waals surface area contributed by atoms with Crippen molar-refractivity contribution >= 4 is 0 Å². The Labute approximate surface area is 92.1 Å². The van der Waals surface area contributed by atoms with E-state index in [2.05, 4.69) is 19.9 Å². The zero-order valence-corrected chi connectivity index (χ0v) is 9.86. The molecule has 0 aliphatic heterocycles. The molecule has 0 bridgehead atoms. The standard InChI is InChI=1S/C13H18N2/c1-11(2)13(10-14,15(3)4)12-8-6-5-7-9-12/h5-9,11H,1-4H3. The first-order valence-corrected chi connectivity index (χ1v) is 5.20. The van der Waals surface area contributed by atoms with Gasteiger partial charge in [0.1, 0.15) is 5.54 Å². The van der Waals surface area contributed by atoms with E-state index in [-0.39, 0.29) is 5.92 Å². The molecule has 0 aromatic heterocycles. The van der Waals surface area contributed by atoms with Gasteiger partial charge >= 0.3 is 0 Å². The Morgan fingerprint density at radius 2 is 1.73 bits per heavy atom. The van der Waals surface area contributed by atoms with Gasteiger partial charge in [-0.3, -0.25) is 4.90 Å². The maximum atomic E-state index is 9.48. The van der Waals surface area contributed by atoms with Gasteiger partial charge in [0.25, 0.3) is 0 Å². The van der Waals surface area contributed by atoms with Crippen LogP contribution < -0.4 is 0 Å². The molecule has 0 fully saturated rings. The van der Waals surface area contributed by atoms with E-state index in [9.17, 15) is 5.26 Å². The van der Waals surface area contributed by atoms with Crippen molar-refractivity contribution in [2.75, 3.05) is 14.1 Å². The van der Waals surface area contributed by atoms with Crippen LogP contribution in [0.25, 0.3) is 0 Å². The van der Waals surface area contributed by atoms with Crippen LogP contribution in [0.2, 0.25) is 0 Å². The fourth-order valence-corrected chi connectivity index (χ4v) is 2.09. The molecule has 2 heteroatoms. The molecular formula is C13H18N2. The van der Waals surface area contributed by atoms with E-state index in [0.29, 0.717) is 0 Å². The average Bonchev–Trinajstić information content (AvgIpc) is 2.20. The zero-order valence-electron chi connectivity index (χ0n) is 9.86. The smallest absolute Gasteiger partial charge is 0.136 e. The molecule has 0 aliphatic rings. The summed E-state index contributed by atoms with van der Waals surface area (Å²) < 4.78 is 0. The Kier molecular flexibility index (Phi) is 3.49. The highest BCUT2D eigenvalue weighted by molar-refractivity contribution is 5.32. The molecule has 0 spiro atoms. The zero-order chi connectivity index (χ0) is 11.5. The van der Waals surface area contributed by atoms with Gasteiger partial charge < -0.3 is 0 Å². The van der Waals surface area contributed by atoms with E-state index in [4.69, 9.17) is 0 Å². The molecular weight excluding hydrogens is 184 g/mol. The third-order valence-electron chi connectivity index (χ3n) is 2.93. The molecule has 2 nitrogen and oxygen atoms in total. The third-order valence-corrected chi connectivity index (χ3v) is 2.93. The highest BCUT2D eigenvalue weighted by Crippen LogP contribution is 2.33. The molecule has 80 valence electrons. The minimum Gasteiger partial charge on any atom is -0.288 e. The first-order chi connectivity index (χ1) is 7.05. The van der Waals surface area contributed by atoms with Crippen molar-refractivity contribution in [1.82, 2.24) is 4.90 Å². The minimum atomic E-state index is -0.527. The van der Waals surface area contributed by atoms with Gasteiger partial charge in [-0.05, 0) is 25.6 Å². The quantitative estimate of drug-likeness (QED) is 0.753. The van der Waals surface area contributed by atoms with Gasteiger partial charge in [-0.25, -0.2) is 0 Å². The van der Waals surface area contributed by atoms with Crippen LogP contribution >= 0.6 is 0 Å². The summed E-state index contributed by atoms with van der Waals surface area (Å²) in [5.41, 5.74) is 0.536. The Hall–Kier alpha value is -1.33. The van der Waals surface area contributed by atoms with Crippen molar-refractivity contribution in [2.24, 2.45) is 5.92 Å². The molecule has 1 atom stereocenters. The lowest BCUT2D eigenvalue weighted by molar-refractivity contribution is 0.156. The lowest BCUT2D eigenvalue weighted by Crippen LogP contribution is -2.44. The second-order valence-electron chi connectivity index (χ2n) is 4.29. The SMILES string of the molecule is CC(C)C(C#N)(c1ccccc1)N(C)C. The predicted molar refractivity (Wildman–Crippen MR) is 62.3 cm³/mol. The number of benzene rings is 1. The molecule has 0 aliphatic carbocycles. The monoisotopic (exact) mass is 202 g/mol. The topological polar surface area (TPSA) is 27.0 Å².